The molecule has 0 atom stereocenters. The third kappa shape index (κ3) is 3.24. The van der Waals surface area contributed by atoms with E-state index in [-0.39, 0.29) is 23.9 Å². The zero-order chi connectivity index (χ0) is 14.0. The second-order valence-electron chi connectivity index (χ2n) is 4.79. The van der Waals surface area contributed by atoms with Crippen LogP contribution in [-0.2, 0) is 16.6 Å². The Morgan fingerprint density at radius 2 is 2.21 bits per heavy atom. The Bertz CT molecular complexity index is 505. The Balaban J connectivity index is 1.84. The van der Waals surface area contributed by atoms with E-state index in [0.29, 0.717) is 18.2 Å². The van der Waals surface area contributed by atoms with E-state index in [1.807, 2.05) is 0 Å². The molecule has 104 valence electrons. The van der Waals surface area contributed by atoms with Gasteiger partial charge in [0.1, 0.15) is 0 Å². The number of hydrogen-bond donors (Lipinski definition) is 2. The predicted molar refractivity (Wildman–Crippen MR) is 68.4 cm³/mol. The molecule has 19 heavy (non-hydrogen) atoms. The normalized spacial score (nSPS) is 14.2. The fourth-order valence-corrected chi connectivity index (χ4v) is 1.75. The molecule has 0 saturated heterocycles. The number of hydrogen-bond acceptors (Lipinski definition) is 5. The minimum atomic E-state index is -0.637. The summed E-state index contributed by atoms with van der Waals surface area (Å²) in [5, 5.41) is 6.73. The van der Waals surface area contributed by atoms with Crippen molar-refractivity contribution in [2.24, 2.45) is 13.0 Å². The van der Waals surface area contributed by atoms with Gasteiger partial charge in [-0.15, -0.1) is 0 Å². The molecule has 0 aromatic carbocycles. The monoisotopic (exact) mass is 266 g/mol. The number of anilines is 1. The average Bonchev–Trinajstić information content (AvgIpc) is 3.13. The standard InChI is InChI=1S/C12H18N4O3/c1-7-10(13)11(16(2)15-7)12(18)19-6-9(17)14-5-8-3-4-8/h8H,3-6,13H2,1-2H3,(H,14,17). The first-order valence-corrected chi connectivity index (χ1v) is 6.22. The van der Waals surface area contributed by atoms with E-state index in [0.717, 1.165) is 12.8 Å². The molecule has 1 aliphatic carbocycles. The van der Waals surface area contributed by atoms with Crippen LogP contribution in [0.4, 0.5) is 5.69 Å². The molecule has 2 rings (SSSR count). The molecule has 1 amide bonds. The maximum Gasteiger partial charge on any atom is 0.359 e. The van der Waals surface area contributed by atoms with Gasteiger partial charge in [0.05, 0.1) is 11.4 Å². The van der Waals surface area contributed by atoms with Crippen molar-refractivity contribution >= 4 is 17.6 Å². The van der Waals surface area contributed by atoms with Crippen LogP contribution < -0.4 is 11.1 Å². The summed E-state index contributed by atoms with van der Waals surface area (Å²) in [6.07, 6.45) is 2.32. The predicted octanol–water partition coefficient (Wildman–Crippen LogP) is -0.00628. The number of rotatable bonds is 5. The number of nitrogens with one attached hydrogen (secondary N) is 1. The lowest BCUT2D eigenvalue weighted by Gasteiger charge is -2.06. The van der Waals surface area contributed by atoms with Crippen molar-refractivity contribution in [2.75, 3.05) is 18.9 Å². The largest absolute Gasteiger partial charge is 0.451 e. The van der Waals surface area contributed by atoms with Gasteiger partial charge in [-0.3, -0.25) is 9.48 Å². The van der Waals surface area contributed by atoms with Crippen LogP contribution in [0.1, 0.15) is 29.0 Å². The highest BCUT2D eigenvalue weighted by Crippen LogP contribution is 2.27. The number of nitrogens with zero attached hydrogens (tertiary/aromatic N) is 2. The lowest BCUT2D eigenvalue weighted by atomic mass is 10.3. The van der Waals surface area contributed by atoms with E-state index in [9.17, 15) is 9.59 Å². The fraction of sp³-hybridized carbons (Fsp3) is 0.583. The molecular weight excluding hydrogens is 248 g/mol. The minimum absolute atomic E-state index is 0.174. The zero-order valence-electron chi connectivity index (χ0n) is 11.1. The van der Waals surface area contributed by atoms with E-state index in [4.69, 9.17) is 10.5 Å². The number of amides is 1. The Labute approximate surface area is 111 Å². The summed E-state index contributed by atoms with van der Waals surface area (Å²) in [6, 6.07) is 0. The number of nitrogens with two attached hydrogens (primary N) is 1. The van der Waals surface area contributed by atoms with Crippen LogP contribution in [0.25, 0.3) is 0 Å². The summed E-state index contributed by atoms with van der Waals surface area (Å²) < 4.78 is 6.28. The van der Waals surface area contributed by atoms with Gasteiger partial charge in [-0.1, -0.05) is 0 Å². The average molecular weight is 266 g/mol. The fourth-order valence-electron chi connectivity index (χ4n) is 1.75. The van der Waals surface area contributed by atoms with Crippen LogP contribution in [0.2, 0.25) is 0 Å². The number of ether oxygens (including phenoxy) is 1. The Morgan fingerprint density at radius 3 is 2.74 bits per heavy atom. The number of carbonyl (C=O) groups is 2. The van der Waals surface area contributed by atoms with Crippen LogP contribution in [0.15, 0.2) is 0 Å². The van der Waals surface area contributed by atoms with Gasteiger partial charge in [-0.05, 0) is 25.7 Å². The smallest absolute Gasteiger partial charge is 0.359 e. The van der Waals surface area contributed by atoms with E-state index >= 15 is 0 Å². The molecule has 1 aromatic heterocycles. The quantitative estimate of drug-likeness (QED) is 0.730. The lowest BCUT2D eigenvalue weighted by Crippen LogP contribution is -2.30. The molecule has 0 spiro atoms. The van der Waals surface area contributed by atoms with E-state index < -0.39 is 5.97 Å². The van der Waals surface area contributed by atoms with Crippen molar-refractivity contribution in [3.8, 4) is 0 Å². The van der Waals surface area contributed by atoms with Crippen LogP contribution in [0, 0.1) is 12.8 Å². The first-order chi connectivity index (χ1) is 8.99. The third-order valence-corrected chi connectivity index (χ3v) is 3.08. The molecule has 0 radical (unpaired) electrons. The van der Waals surface area contributed by atoms with Crippen molar-refractivity contribution in [3.05, 3.63) is 11.4 Å². The maximum atomic E-state index is 11.8. The molecule has 0 unspecified atom stereocenters. The first kappa shape index (κ1) is 13.4. The number of esters is 1. The van der Waals surface area contributed by atoms with Crippen LogP contribution in [-0.4, -0.2) is 34.8 Å². The molecule has 7 nitrogen and oxygen atoms in total. The van der Waals surface area contributed by atoms with Gasteiger partial charge in [-0.25, -0.2) is 4.79 Å². The summed E-state index contributed by atoms with van der Waals surface area (Å²) in [5.41, 5.74) is 6.75. The van der Waals surface area contributed by atoms with Crippen molar-refractivity contribution < 1.29 is 14.3 Å². The van der Waals surface area contributed by atoms with Gasteiger partial charge in [0.15, 0.2) is 12.3 Å². The Hall–Kier alpha value is -2.05. The van der Waals surface area contributed by atoms with Crippen LogP contribution in [0.3, 0.4) is 0 Å². The van der Waals surface area contributed by atoms with E-state index in [2.05, 4.69) is 10.4 Å². The second kappa shape index (κ2) is 5.29. The maximum absolute atomic E-state index is 11.8. The molecule has 0 bridgehead atoms. The van der Waals surface area contributed by atoms with Crippen molar-refractivity contribution in [2.45, 2.75) is 19.8 Å². The lowest BCUT2D eigenvalue weighted by molar-refractivity contribution is -0.124. The second-order valence-corrected chi connectivity index (χ2v) is 4.79. The summed E-state index contributed by atoms with van der Waals surface area (Å²) in [4.78, 5) is 23.3. The van der Waals surface area contributed by atoms with Crippen LogP contribution in [0.5, 0.6) is 0 Å². The van der Waals surface area contributed by atoms with Gasteiger partial charge in [0.2, 0.25) is 0 Å². The van der Waals surface area contributed by atoms with E-state index in [1.54, 1.807) is 14.0 Å². The molecule has 0 aliphatic heterocycles. The SMILES string of the molecule is Cc1nn(C)c(C(=O)OCC(=O)NCC2CC2)c1N. The molecular formula is C12H18N4O3. The molecule has 3 N–H and O–H groups in total. The number of aromatic nitrogens is 2. The summed E-state index contributed by atoms with van der Waals surface area (Å²) in [5.74, 6) is -0.338. The Kier molecular flexibility index (Phi) is 3.73. The molecule has 1 aliphatic rings. The summed E-state index contributed by atoms with van der Waals surface area (Å²) in [6.45, 7) is 2.06. The highest BCUT2D eigenvalue weighted by Gasteiger charge is 2.23. The first-order valence-electron chi connectivity index (χ1n) is 6.22. The van der Waals surface area contributed by atoms with Gasteiger partial charge in [0.25, 0.3) is 5.91 Å². The van der Waals surface area contributed by atoms with Gasteiger partial charge < -0.3 is 15.8 Å². The van der Waals surface area contributed by atoms with E-state index in [1.165, 1.54) is 4.68 Å². The molecule has 1 aromatic rings. The topological polar surface area (TPSA) is 99.2 Å². The summed E-state index contributed by atoms with van der Waals surface area (Å²) in [7, 11) is 1.60. The van der Waals surface area contributed by atoms with Gasteiger partial charge in [0, 0.05) is 13.6 Å². The molecule has 1 saturated carbocycles. The highest BCUT2D eigenvalue weighted by atomic mass is 16.5. The third-order valence-electron chi connectivity index (χ3n) is 3.08. The number of aryl methyl sites for hydroxylation is 2. The minimum Gasteiger partial charge on any atom is -0.451 e. The molecule has 7 heteroatoms. The number of carbonyl (C=O) groups excluding carboxylic acids is 2. The Morgan fingerprint density at radius 1 is 1.53 bits per heavy atom. The molecule has 1 heterocycles. The summed E-state index contributed by atoms with van der Waals surface area (Å²) >= 11 is 0. The molecule has 1 fully saturated rings. The van der Waals surface area contributed by atoms with Crippen LogP contribution >= 0.6 is 0 Å². The zero-order valence-corrected chi connectivity index (χ0v) is 11.1. The van der Waals surface area contributed by atoms with Gasteiger partial charge in [-0.2, -0.15) is 5.10 Å². The van der Waals surface area contributed by atoms with Gasteiger partial charge >= 0.3 is 5.97 Å². The number of nitrogen functional groups attached to an aromatic ring is 1. The highest BCUT2D eigenvalue weighted by molar-refractivity contribution is 5.95. The van der Waals surface area contributed by atoms with Crippen molar-refractivity contribution in [3.63, 3.8) is 0 Å². The van der Waals surface area contributed by atoms with Crippen molar-refractivity contribution in [1.82, 2.24) is 15.1 Å². The van der Waals surface area contributed by atoms with Crippen molar-refractivity contribution in [1.29, 1.82) is 0 Å².